The van der Waals surface area contributed by atoms with Gasteiger partial charge in [-0.2, -0.15) is 26.3 Å². The summed E-state index contributed by atoms with van der Waals surface area (Å²) in [6, 6.07) is 7.14. The Bertz CT molecular complexity index is 1290. The van der Waals surface area contributed by atoms with Gasteiger partial charge >= 0.3 is 24.0 Å². The molecule has 0 radical (unpaired) electrons. The van der Waals surface area contributed by atoms with Gasteiger partial charge in [-0.1, -0.05) is 12.1 Å². The van der Waals surface area contributed by atoms with E-state index in [1.54, 1.807) is 39.0 Å². The number of alkyl halides is 6. The second kappa shape index (κ2) is 15.1. The third kappa shape index (κ3) is 11.8. The summed E-state index contributed by atoms with van der Waals surface area (Å²) in [5.74, 6) is -0.349. The second-order valence-corrected chi connectivity index (χ2v) is 10.1. The van der Waals surface area contributed by atoms with Gasteiger partial charge < -0.3 is 14.8 Å². The van der Waals surface area contributed by atoms with E-state index in [0.29, 0.717) is 34.3 Å². The molecule has 15 heteroatoms. The van der Waals surface area contributed by atoms with Gasteiger partial charge in [0.15, 0.2) is 5.60 Å². The van der Waals surface area contributed by atoms with Gasteiger partial charge in [0.05, 0.1) is 6.61 Å². The molecule has 1 N–H and O–H groups in total. The molecule has 0 bridgehead atoms. The summed E-state index contributed by atoms with van der Waals surface area (Å²) in [6.07, 6.45) is -10.7. The number of carbonyl (C=O) groups is 1. The van der Waals surface area contributed by atoms with E-state index in [-0.39, 0.29) is 19.0 Å². The summed E-state index contributed by atoms with van der Waals surface area (Å²) in [5, 5.41) is 6.62. The van der Waals surface area contributed by atoms with Crippen molar-refractivity contribution in [2.45, 2.75) is 96.8 Å². The Balaban J connectivity index is 2.04. The summed E-state index contributed by atoms with van der Waals surface area (Å²) in [6.45, 7) is 4.31. The van der Waals surface area contributed by atoms with Crippen LogP contribution in [-0.2, 0) is 29.0 Å². The minimum absolute atomic E-state index is 0.206. The van der Waals surface area contributed by atoms with Crippen LogP contribution in [0.25, 0.3) is 0 Å². The van der Waals surface area contributed by atoms with E-state index in [9.17, 15) is 40.7 Å². The molecule has 236 valence electrons. The number of halogens is 6. The third-order valence-electron chi connectivity index (χ3n) is 6.02. The summed E-state index contributed by atoms with van der Waals surface area (Å²) in [7, 11) is 0. The Kier molecular flexibility index (Phi) is 12.5. The van der Waals surface area contributed by atoms with E-state index >= 15 is 0 Å². The SMILES string of the molecule is CCOC(=O)C(C)(C)Oc1cccc(CCCCNc2nn(CCCC(F)(F)F)c(=O)n(CCCC(F)(F)F)c2=O)c1. The Morgan fingerprint density at radius 1 is 0.952 bits per heavy atom. The molecular weight excluding hydrogens is 574 g/mol. The van der Waals surface area contributed by atoms with E-state index in [4.69, 9.17) is 9.47 Å². The summed E-state index contributed by atoms with van der Waals surface area (Å²) in [5.41, 5.74) is -2.28. The van der Waals surface area contributed by atoms with Crippen LogP contribution in [0.3, 0.4) is 0 Å². The number of rotatable bonds is 16. The van der Waals surface area contributed by atoms with Gasteiger partial charge in [-0.15, -0.1) is 5.10 Å². The van der Waals surface area contributed by atoms with Crippen LogP contribution in [0.1, 0.15) is 64.9 Å². The van der Waals surface area contributed by atoms with Crippen molar-refractivity contribution in [1.82, 2.24) is 14.3 Å². The molecule has 0 spiro atoms. The van der Waals surface area contributed by atoms with E-state index in [1.807, 2.05) is 6.07 Å². The van der Waals surface area contributed by atoms with Crippen molar-refractivity contribution < 1.29 is 40.6 Å². The Hall–Kier alpha value is -3.52. The molecule has 0 unspecified atom stereocenters. The van der Waals surface area contributed by atoms with Crippen molar-refractivity contribution in [2.24, 2.45) is 0 Å². The summed E-state index contributed by atoms with van der Waals surface area (Å²) < 4.78 is 87.5. The van der Waals surface area contributed by atoms with Crippen molar-refractivity contribution in [3.05, 3.63) is 50.7 Å². The van der Waals surface area contributed by atoms with Crippen LogP contribution in [0.15, 0.2) is 33.9 Å². The van der Waals surface area contributed by atoms with Crippen molar-refractivity contribution in [3.63, 3.8) is 0 Å². The molecule has 1 aromatic heterocycles. The van der Waals surface area contributed by atoms with E-state index < -0.39 is 73.9 Å². The fourth-order valence-electron chi connectivity index (χ4n) is 3.95. The number of carbonyl (C=O) groups excluding carboxylic acids is 1. The average molecular weight is 611 g/mol. The van der Waals surface area contributed by atoms with Crippen LogP contribution in [0, 0.1) is 0 Å². The molecule has 0 atom stereocenters. The number of benzene rings is 1. The van der Waals surface area contributed by atoms with Gasteiger partial charge in [0, 0.05) is 32.5 Å². The van der Waals surface area contributed by atoms with Crippen LogP contribution in [0.2, 0.25) is 0 Å². The monoisotopic (exact) mass is 610 g/mol. The quantitative estimate of drug-likeness (QED) is 0.157. The number of nitrogens with one attached hydrogen (secondary N) is 1. The fourth-order valence-corrected chi connectivity index (χ4v) is 3.95. The lowest BCUT2D eigenvalue weighted by Gasteiger charge is -2.24. The molecule has 0 saturated carbocycles. The first kappa shape index (κ1) is 34.7. The molecule has 9 nitrogen and oxygen atoms in total. The minimum atomic E-state index is -4.49. The van der Waals surface area contributed by atoms with Gasteiger partial charge in [0.25, 0.3) is 5.56 Å². The molecule has 1 aromatic carbocycles. The highest BCUT2D eigenvalue weighted by molar-refractivity contribution is 5.79. The highest BCUT2D eigenvalue weighted by Crippen LogP contribution is 2.23. The van der Waals surface area contributed by atoms with E-state index in [1.165, 1.54) is 0 Å². The number of anilines is 1. The smallest absolute Gasteiger partial charge is 0.389 e. The molecule has 2 rings (SSSR count). The number of hydrogen-bond donors (Lipinski definition) is 1. The topological polar surface area (TPSA) is 104 Å². The molecule has 0 fully saturated rings. The molecule has 0 amide bonds. The zero-order valence-corrected chi connectivity index (χ0v) is 23.7. The van der Waals surface area contributed by atoms with Crippen LogP contribution >= 0.6 is 0 Å². The first-order valence-electron chi connectivity index (χ1n) is 13.6. The molecule has 1 heterocycles. The van der Waals surface area contributed by atoms with Gasteiger partial charge in [-0.25, -0.2) is 14.3 Å². The van der Waals surface area contributed by atoms with Gasteiger partial charge in [0.2, 0.25) is 5.82 Å². The molecule has 2 aromatic rings. The number of ether oxygens (including phenoxy) is 2. The molecule has 0 aliphatic carbocycles. The summed E-state index contributed by atoms with van der Waals surface area (Å²) in [4.78, 5) is 37.5. The number of hydrogen-bond acceptors (Lipinski definition) is 7. The van der Waals surface area contributed by atoms with Crippen LogP contribution in [0.4, 0.5) is 32.2 Å². The lowest BCUT2D eigenvalue weighted by molar-refractivity contribution is -0.158. The Labute approximate surface area is 238 Å². The third-order valence-corrected chi connectivity index (χ3v) is 6.02. The summed E-state index contributed by atoms with van der Waals surface area (Å²) >= 11 is 0. The minimum Gasteiger partial charge on any atom is -0.476 e. The zero-order chi connectivity index (χ0) is 31.6. The van der Waals surface area contributed by atoms with Crippen molar-refractivity contribution in [2.75, 3.05) is 18.5 Å². The van der Waals surface area contributed by atoms with Gasteiger partial charge in [0.1, 0.15) is 5.75 Å². The van der Waals surface area contributed by atoms with E-state index in [0.717, 1.165) is 5.56 Å². The molecule has 0 aliphatic heterocycles. The first-order chi connectivity index (χ1) is 19.5. The maximum atomic E-state index is 12.8. The first-order valence-corrected chi connectivity index (χ1v) is 13.6. The predicted molar refractivity (Wildman–Crippen MR) is 143 cm³/mol. The highest BCUT2D eigenvalue weighted by Gasteiger charge is 2.31. The number of aryl methyl sites for hydroxylation is 2. The Morgan fingerprint density at radius 3 is 2.21 bits per heavy atom. The maximum absolute atomic E-state index is 12.8. The second-order valence-electron chi connectivity index (χ2n) is 10.1. The number of esters is 1. The number of unbranched alkanes of at least 4 members (excludes halogenated alkanes) is 1. The number of aromatic nitrogens is 3. The van der Waals surface area contributed by atoms with Gasteiger partial charge in [-0.05, 0) is 70.6 Å². The average Bonchev–Trinajstić information content (AvgIpc) is 2.87. The lowest BCUT2D eigenvalue weighted by Crippen LogP contribution is -2.43. The highest BCUT2D eigenvalue weighted by atomic mass is 19.4. The van der Waals surface area contributed by atoms with Gasteiger partial charge in [-0.3, -0.25) is 9.36 Å². The van der Waals surface area contributed by atoms with Crippen LogP contribution < -0.4 is 21.3 Å². The fraction of sp³-hybridized carbons (Fsp3) is 0.630. The largest absolute Gasteiger partial charge is 0.476 e. The molecule has 0 saturated heterocycles. The predicted octanol–water partition coefficient (Wildman–Crippen LogP) is 5.25. The maximum Gasteiger partial charge on any atom is 0.389 e. The normalized spacial score (nSPS) is 12.3. The van der Waals surface area contributed by atoms with Crippen molar-refractivity contribution >= 4 is 11.8 Å². The molecule has 42 heavy (non-hydrogen) atoms. The van der Waals surface area contributed by atoms with Crippen molar-refractivity contribution in [1.29, 1.82) is 0 Å². The van der Waals surface area contributed by atoms with Crippen LogP contribution in [0.5, 0.6) is 5.75 Å². The molecular formula is C27H36F6N4O5. The number of nitrogens with zero attached hydrogens (tertiary/aromatic N) is 3. The molecule has 0 aliphatic rings. The van der Waals surface area contributed by atoms with Crippen LogP contribution in [-0.4, -0.2) is 51.4 Å². The lowest BCUT2D eigenvalue weighted by atomic mass is 10.1. The van der Waals surface area contributed by atoms with E-state index in [2.05, 4.69) is 10.4 Å². The zero-order valence-electron chi connectivity index (χ0n) is 23.7. The Morgan fingerprint density at radius 2 is 1.60 bits per heavy atom. The standard InChI is InChI=1S/C27H36F6N4O5/c1-4-41-23(39)25(2,3)42-20-12-7-11-19(18-20)10-5-6-15-34-21-22(38)36(16-8-13-26(28,29)30)24(40)37(35-21)17-9-14-27(31,32)33/h7,11-12,18H,4-6,8-10,13-17H2,1-3H3,(H,34,35). The van der Waals surface area contributed by atoms with Crippen molar-refractivity contribution in [3.8, 4) is 5.75 Å².